The fraction of sp³-hybridized carbons (Fsp3) is 0.211. The summed E-state index contributed by atoms with van der Waals surface area (Å²) < 4.78 is 30.7. The number of sulfone groups is 1. The summed E-state index contributed by atoms with van der Waals surface area (Å²) in [5.41, 5.74) is 2.39. The van der Waals surface area contributed by atoms with Crippen LogP contribution in [-0.4, -0.2) is 30.3 Å². The fourth-order valence-corrected chi connectivity index (χ4v) is 3.47. The van der Waals surface area contributed by atoms with Crippen LogP contribution in [0.2, 0.25) is 5.15 Å². The molecule has 0 bridgehead atoms. The van der Waals surface area contributed by atoms with Gasteiger partial charge >= 0.3 is 0 Å². The minimum Gasteiger partial charge on any atom is -0.491 e. The Morgan fingerprint density at radius 3 is 2.19 bits per heavy atom. The lowest BCUT2D eigenvalue weighted by Crippen LogP contribution is -2.05. The van der Waals surface area contributed by atoms with Gasteiger partial charge in [0.15, 0.2) is 15.0 Å². The quantitative estimate of drug-likeness (QED) is 0.648. The van der Waals surface area contributed by atoms with Crippen molar-refractivity contribution in [3.8, 4) is 22.7 Å². The van der Waals surface area contributed by atoms with E-state index >= 15 is 0 Å². The molecule has 0 aliphatic carbocycles. The SMILES string of the molecule is CC(C)Oc1ccc(-c2c(Cl)ncn2-c2ccc(S(C)(=O)=O)cc2)cc1. The topological polar surface area (TPSA) is 61.2 Å². The summed E-state index contributed by atoms with van der Waals surface area (Å²) in [5, 5.41) is 0.370. The lowest BCUT2D eigenvalue weighted by molar-refractivity contribution is 0.242. The third-order valence-corrected chi connectivity index (χ3v) is 5.17. The van der Waals surface area contributed by atoms with Gasteiger partial charge in [0.05, 0.1) is 16.7 Å². The fourth-order valence-electron chi connectivity index (χ4n) is 2.60. The van der Waals surface area contributed by atoms with Crippen molar-refractivity contribution in [2.24, 2.45) is 0 Å². The van der Waals surface area contributed by atoms with Gasteiger partial charge in [-0.25, -0.2) is 13.4 Å². The highest BCUT2D eigenvalue weighted by Crippen LogP contribution is 2.31. The van der Waals surface area contributed by atoms with Crippen molar-refractivity contribution in [1.82, 2.24) is 9.55 Å². The number of nitrogens with zero attached hydrogens (tertiary/aromatic N) is 2. The highest BCUT2D eigenvalue weighted by molar-refractivity contribution is 7.90. The number of hydrogen-bond acceptors (Lipinski definition) is 4. The van der Waals surface area contributed by atoms with Crippen LogP contribution in [0.15, 0.2) is 59.8 Å². The van der Waals surface area contributed by atoms with Crippen LogP contribution >= 0.6 is 11.6 Å². The zero-order valence-corrected chi connectivity index (χ0v) is 16.3. The maximum absolute atomic E-state index is 11.6. The molecule has 0 fully saturated rings. The molecule has 0 spiro atoms. The number of benzene rings is 2. The van der Waals surface area contributed by atoms with Gasteiger partial charge in [-0.3, -0.25) is 4.57 Å². The summed E-state index contributed by atoms with van der Waals surface area (Å²) in [6.07, 6.45) is 2.90. The first-order chi connectivity index (χ1) is 12.3. The van der Waals surface area contributed by atoms with Crippen LogP contribution in [0.4, 0.5) is 0 Å². The lowest BCUT2D eigenvalue weighted by Gasteiger charge is -2.12. The molecule has 0 aliphatic heterocycles. The van der Waals surface area contributed by atoms with Crippen LogP contribution in [0, 0.1) is 0 Å². The normalized spacial score (nSPS) is 11.7. The second-order valence-electron chi connectivity index (χ2n) is 6.21. The number of ether oxygens (including phenoxy) is 1. The van der Waals surface area contributed by atoms with Crippen molar-refractivity contribution in [2.75, 3.05) is 6.26 Å². The van der Waals surface area contributed by atoms with E-state index in [1.807, 2.05) is 42.7 Å². The van der Waals surface area contributed by atoms with Crippen LogP contribution in [0.5, 0.6) is 5.75 Å². The van der Waals surface area contributed by atoms with Crippen molar-refractivity contribution < 1.29 is 13.2 Å². The van der Waals surface area contributed by atoms with E-state index in [9.17, 15) is 8.42 Å². The Morgan fingerprint density at radius 1 is 1.04 bits per heavy atom. The Hall–Kier alpha value is -2.31. The maximum Gasteiger partial charge on any atom is 0.175 e. The van der Waals surface area contributed by atoms with Crippen molar-refractivity contribution in [3.63, 3.8) is 0 Å². The third kappa shape index (κ3) is 3.92. The summed E-state index contributed by atoms with van der Waals surface area (Å²) in [7, 11) is -3.24. The van der Waals surface area contributed by atoms with Crippen molar-refractivity contribution in [2.45, 2.75) is 24.8 Å². The number of halogens is 1. The summed E-state index contributed by atoms with van der Waals surface area (Å²) in [6, 6.07) is 14.2. The first kappa shape index (κ1) is 18.5. The Balaban J connectivity index is 1.99. The molecule has 0 saturated heterocycles. The predicted octanol–water partition coefficient (Wildman–Crippen LogP) is 4.38. The molecule has 2 aromatic carbocycles. The predicted molar refractivity (Wildman–Crippen MR) is 103 cm³/mol. The van der Waals surface area contributed by atoms with Crippen molar-refractivity contribution >= 4 is 21.4 Å². The Labute approximate surface area is 158 Å². The molecule has 1 aromatic heterocycles. The van der Waals surface area contributed by atoms with Gasteiger partial charge in [0.1, 0.15) is 12.1 Å². The lowest BCUT2D eigenvalue weighted by atomic mass is 10.1. The van der Waals surface area contributed by atoms with E-state index in [1.165, 1.54) is 6.26 Å². The van der Waals surface area contributed by atoms with Gasteiger partial charge in [-0.2, -0.15) is 0 Å². The Bertz CT molecular complexity index is 1010. The third-order valence-electron chi connectivity index (χ3n) is 3.77. The molecule has 0 atom stereocenters. The number of hydrogen-bond donors (Lipinski definition) is 0. The van der Waals surface area contributed by atoms with Crippen molar-refractivity contribution in [1.29, 1.82) is 0 Å². The maximum atomic E-state index is 11.6. The molecular formula is C19H19ClN2O3S. The smallest absolute Gasteiger partial charge is 0.175 e. The molecule has 0 saturated carbocycles. The Kier molecular flexibility index (Phi) is 5.07. The first-order valence-corrected chi connectivity index (χ1v) is 10.3. The summed E-state index contributed by atoms with van der Waals surface area (Å²) in [5.74, 6) is 0.781. The van der Waals surface area contributed by atoms with Gasteiger partial charge in [-0.15, -0.1) is 0 Å². The van der Waals surface area contributed by atoms with E-state index in [0.717, 1.165) is 22.7 Å². The van der Waals surface area contributed by atoms with Crippen LogP contribution < -0.4 is 4.74 Å². The number of rotatable bonds is 5. The van der Waals surface area contributed by atoms with E-state index in [0.29, 0.717) is 5.15 Å². The molecule has 3 aromatic rings. The highest BCUT2D eigenvalue weighted by Gasteiger charge is 2.14. The highest BCUT2D eigenvalue weighted by atomic mass is 35.5. The first-order valence-electron chi connectivity index (χ1n) is 8.06. The second-order valence-corrected chi connectivity index (χ2v) is 8.58. The largest absolute Gasteiger partial charge is 0.491 e. The molecule has 26 heavy (non-hydrogen) atoms. The zero-order chi connectivity index (χ0) is 18.9. The molecule has 3 rings (SSSR count). The minimum atomic E-state index is -3.24. The monoisotopic (exact) mass is 390 g/mol. The molecule has 7 heteroatoms. The molecule has 0 amide bonds. The standard InChI is InChI=1S/C19H19ClN2O3S/c1-13(2)25-16-8-4-14(5-9-16)18-19(20)21-12-22(18)15-6-10-17(11-7-15)26(3,23)24/h4-13H,1-3H3. The van der Waals surface area contributed by atoms with Gasteiger partial charge < -0.3 is 4.74 Å². The molecular weight excluding hydrogens is 372 g/mol. The van der Waals surface area contributed by atoms with Crippen LogP contribution in [0.3, 0.4) is 0 Å². The van der Waals surface area contributed by atoms with Crippen LogP contribution in [0.1, 0.15) is 13.8 Å². The van der Waals surface area contributed by atoms with E-state index in [2.05, 4.69) is 4.98 Å². The Morgan fingerprint density at radius 2 is 1.65 bits per heavy atom. The van der Waals surface area contributed by atoms with E-state index < -0.39 is 9.84 Å². The molecule has 0 N–H and O–H groups in total. The van der Waals surface area contributed by atoms with Crippen molar-refractivity contribution in [3.05, 3.63) is 60.0 Å². The van der Waals surface area contributed by atoms with Gasteiger partial charge in [-0.05, 0) is 62.4 Å². The summed E-state index contributed by atoms with van der Waals surface area (Å²) >= 11 is 6.30. The molecule has 0 radical (unpaired) electrons. The zero-order valence-electron chi connectivity index (χ0n) is 14.7. The van der Waals surface area contributed by atoms with E-state index in [1.54, 1.807) is 30.6 Å². The summed E-state index contributed by atoms with van der Waals surface area (Å²) in [6.45, 7) is 3.94. The number of aromatic nitrogens is 2. The second kappa shape index (κ2) is 7.13. The molecule has 136 valence electrons. The van der Waals surface area contributed by atoms with Crippen LogP contribution in [0.25, 0.3) is 16.9 Å². The molecule has 0 unspecified atom stereocenters. The molecule has 0 aliphatic rings. The van der Waals surface area contributed by atoms with Gasteiger partial charge in [0.2, 0.25) is 0 Å². The van der Waals surface area contributed by atoms with E-state index in [4.69, 9.17) is 16.3 Å². The average Bonchev–Trinajstić information content (AvgIpc) is 2.96. The molecule has 1 heterocycles. The van der Waals surface area contributed by atoms with Gasteiger partial charge in [0.25, 0.3) is 0 Å². The van der Waals surface area contributed by atoms with Crippen LogP contribution in [-0.2, 0) is 9.84 Å². The molecule has 5 nitrogen and oxygen atoms in total. The van der Waals surface area contributed by atoms with E-state index in [-0.39, 0.29) is 11.0 Å². The van der Waals surface area contributed by atoms with Gasteiger partial charge in [0, 0.05) is 17.5 Å². The average molecular weight is 391 g/mol. The number of imidazole rings is 1. The minimum absolute atomic E-state index is 0.100. The van der Waals surface area contributed by atoms with Gasteiger partial charge in [-0.1, -0.05) is 11.6 Å². The summed E-state index contributed by atoms with van der Waals surface area (Å²) in [4.78, 5) is 4.46.